The minimum atomic E-state index is -0.467. The highest BCUT2D eigenvalue weighted by Gasteiger charge is 2.10. The molecule has 0 heterocycles. The van der Waals surface area contributed by atoms with Gasteiger partial charge in [-0.05, 0) is 48.4 Å². The van der Waals surface area contributed by atoms with E-state index < -0.39 is 5.97 Å². The normalized spacial score (nSPS) is 10.1. The first-order chi connectivity index (χ1) is 11.5. The van der Waals surface area contributed by atoms with Crippen molar-refractivity contribution in [1.82, 2.24) is 0 Å². The Bertz CT molecular complexity index is 746. The van der Waals surface area contributed by atoms with Crippen LogP contribution in [0.2, 0.25) is 0 Å². The molecule has 0 atom stereocenters. The topological polar surface area (TPSA) is 64.6 Å². The van der Waals surface area contributed by atoms with Gasteiger partial charge in [-0.25, -0.2) is 0 Å². The van der Waals surface area contributed by atoms with Gasteiger partial charge in [-0.2, -0.15) is 0 Å². The zero-order valence-corrected chi connectivity index (χ0v) is 15.1. The molecule has 5 nitrogen and oxygen atoms in total. The lowest BCUT2D eigenvalue weighted by Gasteiger charge is -2.09. The van der Waals surface area contributed by atoms with Gasteiger partial charge in [0.05, 0.1) is 13.5 Å². The van der Waals surface area contributed by atoms with Crippen molar-refractivity contribution in [2.75, 3.05) is 19.0 Å². The number of esters is 1. The maximum Gasteiger partial charge on any atom is 0.310 e. The first-order valence-electron chi connectivity index (χ1n) is 7.32. The van der Waals surface area contributed by atoms with Crippen molar-refractivity contribution in [3.8, 4) is 5.75 Å². The van der Waals surface area contributed by atoms with Gasteiger partial charge in [-0.3, -0.25) is 9.59 Å². The van der Waals surface area contributed by atoms with E-state index in [1.165, 1.54) is 0 Å². The van der Waals surface area contributed by atoms with Crippen LogP contribution in [0.3, 0.4) is 0 Å². The summed E-state index contributed by atoms with van der Waals surface area (Å²) < 4.78 is 11.1. The number of amides is 1. The second-order valence-electron chi connectivity index (χ2n) is 5.20. The molecule has 0 fully saturated rings. The van der Waals surface area contributed by atoms with Crippen molar-refractivity contribution >= 4 is 33.5 Å². The fraction of sp³-hybridized carbons (Fsp3) is 0.222. The van der Waals surface area contributed by atoms with Crippen LogP contribution in [0.15, 0.2) is 46.9 Å². The van der Waals surface area contributed by atoms with Crippen molar-refractivity contribution in [2.24, 2.45) is 0 Å². The maximum atomic E-state index is 11.9. The van der Waals surface area contributed by atoms with E-state index in [0.29, 0.717) is 11.4 Å². The smallest absolute Gasteiger partial charge is 0.310 e. The van der Waals surface area contributed by atoms with E-state index in [1.807, 2.05) is 19.1 Å². The monoisotopic (exact) mass is 391 g/mol. The van der Waals surface area contributed by atoms with E-state index in [9.17, 15) is 9.59 Å². The number of benzene rings is 2. The summed E-state index contributed by atoms with van der Waals surface area (Å²) >= 11 is 3.36. The number of rotatable bonds is 6. The van der Waals surface area contributed by atoms with E-state index in [1.54, 1.807) is 37.4 Å². The predicted octanol–water partition coefficient (Wildman–Crippen LogP) is 3.49. The molecule has 0 aliphatic carbocycles. The molecule has 0 radical (unpaired) electrons. The number of carbonyl (C=O) groups is 2. The van der Waals surface area contributed by atoms with E-state index >= 15 is 0 Å². The summed E-state index contributed by atoms with van der Waals surface area (Å²) in [6.45, 7) is 1.56. The van der Waals surface area contributed by atoms with Crippen molar-refractivity contribution in [1.29, 1.82) is 0 Å². The largest absolute Gasteiger partial charge is 0.497 e. The van der Waals surface area contributed by atoms with E-state index in [2.05, 4.69) is 21.2 Å². The fourth-order valence-corrected chi connectivity index (χ4v) is 2.58. The molecule has 6 heteroatoms. The second kappa shape index (κ2) is 8.49. The van der Waals surface area contributed by atoms with Gasteiger partial charge in [-0.1, -0.05) is 28.1 Å². The number of carbonyl (C=O) groups excluding carboxylic acids is 2. The Kier molecular flexibility index (Phi) is 6.37. The molecule has 0 saturated carbocycles. The molecule has 2 aromatic rings. The maximum absolute atomic E-state index is 11.9. The molecular formula is C18H18BrNO4. The van der Waals surface area contributed by atoms with Gasteiger partial charge >= 0.3 is 5.97 Å². The predicted molar refractivity (Wildman–Crippen MR) is 95.2 cm³/mol. The van der Waals surface area contributed by atoms with Crippen LogP contribution in [0.4, 0.5) is 5.69 Å². The van der Waals surface area contributed by atoms with Gasteiger partial charge in [0.1, 0.15) is 5.75 Å². The highest BCUT2D eigenvalue weighted by atomic mass is 79.9. The summed E-state index contributed by atoms with van der Waals surface area (Å²) in [6, 6.07) is 12.7. The van der Waals surface area contributed by atoms with Gasteiger partial charge in [0.2, 0.25) is 0 Å². The molecule has 126 valence electrons. The number of aryl methyl sites for hydroxylation is 1. The van der Waals surface area contributed by atoms with Crippen LogP contribution in [0.5, 0.6) is 5.75 Å². The molecule has 0 unspecified atom stereocenters. The van der Waals surface area contributed by atoms with Gasteiger partial charge in [0.15, 0.2) is 6.61 Å². The second-order valence-corrected chi connectivity index (χ2v) is 6.11. The molecule has 1 N–H and O–H groups in total. The molecule has 24 heavy (non-hydrogen) atoms. The Balaban J connectivity index is 1.83. The third-order valence-corrected chi connectivity index (χ3v) is 3.80. The lowest BCUT2D eigenvalue weighted by Crippen LogP contribution is -2.22. The molecule has 0 saturated heterocycles. The van der Waals surface area contributed by atoms with Crippen LogP contribution >= 0.6 is 15.9 Å². The van der Waals surface area contributed by atoms with Crippen molar-refractivity contribution in [3.63, 3.8) is 0 Å². The molecule has 2 rings (SSSR count). The molecule has 0 aliphatic heterocycles. The van der Waals surface area contributed by atoms with Crippen LogP contribution in [-0.4, -0.2) is 25.6 Å². The van der Waals surface area contributed by atoms with Crippen LogP contribution in [-0.2, 0) is 20.7 Å². The third-order valence-electron chi connectivity index (χ3n) is 3.31. The summed E-state index contributed by atoms with van der Waals surface area (Å²) in [4.78, 5) is 23.7. The van der Waals surface area contributed by atoms with Crippen molar-refractivity contribution < 1.29 is 19.1 Å². The Morgan fingerprint density at radius 1 is 1.17 bits per heavy atom. The molecule has 0 spiro atoms. The van der Waals surface area contributed by atoms with Crippen molar-refractivity contribution in [2.45, 2.75) is 13.3 Å². The molecule has 2 aromatic carbocycles. The third kappa shape index (κ3) is 5.38. The average molecular weight is 392 g/mol. The van der Waals surface area contributed by atoms with Crippen LogP contribution in [0, 0.1) is 6.92 Å². The zero-order valence-electron chi connectivity index (χ0n) is 13.5. The van der Waals surface area contributed by atoms with Gasteiger partial charge in [0, 0.05) is 10.2 Å². The number of halogens is 1. The summed E-state index contributed by atoms with van der Waals surface area (Å²) in [5.74, 6) is -0.172. The summed E-state index contributed by atoms with van der Waals surface area (Å²) in [5.41, 5.74) is 2.37. The number of ether oxygens (including phenoxy) is 2. The number of nitrogens with one attached hydrogen (secondary N) is 1. The van der Waals surface area contributed by atoms with Gasteiger partial charge < -0.3 is 14.8 Å². The Labute approximate surface area is 149 Å². The summed E-state index contributed by atoms with van der Waals surface area (Å²) in [7, 11) is 1.56. The summed E-state index contributed by atoms with van der Waals surface area (Å²) in [5, 5.41) is 2.72. The number of hydrogen-bond acceptors (Lipinski definition) is 4. The van der Waals surface area contributed by atoms with E-state index in [-0.39, 0.29) is 18.9 Å². The molecule has 0 aliphatic rings. The fourth-order valence-electron chi connectivity index (χ4n) is 2.10. The first kappa shape index (κ1) is 18.0. The molecule has 0 bridgehead atoms. The van der Waals surface area contributed by atoms with Gasteiger partial charge in [0.25, 0.3) is 5.91 Å². The lowest BCUT2D eigenvalue weighted by atomic mass is 10.1. The van der Waals surface area contributed by atoms with E-state index in [4.69, 9.17) is 9.47 Å². The van der Waals surface area contributed by atoms with Gasteiger partial charge in [-0.15, -0.1) is 0 Å². The number of anilines is 1. The lowest BCUT2D eigenvalue weighted by molar-refractivity contribution is -0.146. The number of methoxy groups -OCH3 is 1. The first-order valence-corrected chi connectivity index (χ1v) is 8.12. The Morgan fingerprint density at radius 3 is 2.67 bits per heavy atom. The Hall–Kier alpha value is -2.34. The van der Waals surface area contributed by atoms with Crippen LogP contribution in [0.1, 0.15) is 11.1 Å². The summed E-state index contributed by atoms with van der Waals surface area (Å²) in [6.07, 6.45) is 0.0851. The van der Waals surface area contributed by atoms with Crippen molar-refractivity contribution in [3.05, 3.63) is 58.1 Å². The van der Waals surface area contributed by atoms with Crippen LogP contribution < -0.4 is 10.1 Å². The average Bonchev–Trinajstić information content (AvgIpc) is 2.56. The highest BCUT2D eigenvalue weighted by Crippen LogP contribution is 2.20. The SMILES string of the molecule is COc1cccc(CC(=O)OCC(=O)Nc2ccc(Br)cc2C)c1. The van der Waals surface area contributed by atoms with E-state index in [0.717, 1.165) is 15.6 Å². The quantitative estimate of drug-likeness (QED) is 0.765. The molecule has 1 amide bonds. The Morgan fingerprint density at radius 2 is 1.96 bits per heavy atom. The minimum Gasteiger partial charge on any atom is -0.497 e. The molecule has 0 aromatic heterocycles. The molecular weight excluding hydrogens is 374 g/mol. The number of hydrogen-bond donors (Lipinski definition) is 1. The highest BCUT2D eigenvalue weighted by molar-refractivity contribution is 9.10. The van der Waals surface area contributed by atoms with Crippen LogP contribution in [0.25, 0.3) is 0 Å². The zero-order chi connectivity index (χ0) is 17.5. The minimum absolute atomic E-state index is 0.0851. The standard InChI is InChI=1S/C18H18BrNO4/c1-12-8-14(19)6-7-16(12)20-17(21)11-24-18(22)10-13-4-3-5-15(9-13)23-2/h3-9H,10-11H2,1-2H3,(H,20,21).